The molecule has 2 aromatic rings. The maximum Gasteiger partial charge on any atom is 0.163 e. The summed E-state index contributed by atoms with van der Waals surface area (Å²) in [4.78, 5) is 9.44. The van der Waals surface area contributed by atoms with Gasteiger partial charge in [-0.15, -0.1) is 0 Å². The van der Waals surface area contributed by atoms with Crippen LogP contribution in [0.3, 0.4) is 0 Å². The van der Waals surface area contributed by atoms with Crippen molar-refractivity contribution in [2.45, 2.75) is 137 Å². The molecule has 6 nitrogen and oxygen atoms in total. The van der Waals surface area contributed by atoms with Crippen LogP contribution in [0.15, 0.2) is 34.3 Å². The molecule has 7 heteroatoms. The summed E-state index contributed by atoms with van der Waals surface area (Å²) in [7, 11) is 0. The van der Waals surface area contributed by atoms with E-state index < -0.39 is 5.79 Å². The number of aliphatic imine (C=N–C) groups is 2. The van der Waals surface area contributed by atoms with Gasteiger partial charge in [-0.25, -0.2) is 0 Å². The number of benzene rings is 2. The fraction of sp³-hybridized carbons (Fsp3) is 0.622. The van der Waals surface area contributed by atoms with Gasteiger partial charge in [-0.1, -0.05) is 95.2 Å². The molecule has 1 heterocycles. The second-order valence-electron chi connectivity index (χ2n) is 16.6. The fourth-order valence-electron chi connectivity index (χ4n) is 5.25. The van der Waals surface area contributed by atoms with Crippen molar-refractivity contribution in [1.29, 1.82) is 0 Å². The summed E-state index contributed by atoms with van der Waals surface area (Å²) in [6.45, 7) is 30.2. The molecule has 1 aliphatic rings. The van der Waals surface area contributed by atoms with Gasteiger partial charge in [-0.05, 0) is 58.8 Å². The van der Waals surface area contributed by atoms with Gasteiger partial charge in [0.1, 0.15) is 23.7 Å². The Kier molecular flexibility index (Phi) is 11.5. The third kappa shape index (κ3) is 9.42. The zero-order valence-corrected chi connectivity index (χ0v) is 30.4. The summed E-state index contributed by atoms with van der Waals surface area (Å²) >= 11 is 0. The Labute approximate surface area is 277 Å². The maximum absolute atomic E-state index is 11.1. The maximum atomic E-state index is 11.1. The van der Waals surface area contributed by atoms with E-state index in [1.165, 1.54) is 0 Å². The molecule has 0 amide bonds. The van der Waals surface area contributed by atoms with E-state index in [1.54, 1.807) is 12.4 Å². The van der Waals surface area contributed by atoms with E-state index in [2.05, 4.69) is 95.2 Å². The number of nitrogens with zero attached hydrogens (tertiary/aromatic N) is 2. The van der Waals surface area contributed by atoms with Gasteiger partial charge in [0.05, 0.1) is 13.1 Å². The first-order valence-corrected chi connectivity index (χ1v) is 15.5. The molecule has 0 bridgehead atoms. The zero-order chi connectivity index (χ0) is 32.8. The number of hydrogen-bond acceptors (Lipinski definition) is 6. The minimum Gasteiger partial charge on any atom is -0.507 e. The Balaban J connectivity index is 0.00000675. The first-order valence-electron chi connectivity index (χ1n) is 15.5. The van der Waals surface area contributed by atoms with Crippen molar-refractivity contribution in [3.63, 3.8) is 0 Å². The number of hydrogen-bond donors (Lipinski definition) is 2. The molecule has 249 valence electrons. The molecule has 1 aliphatic heterocycles. The predicted octanol–water partition coefficient (Wildman–Crippen LogP) is 8.34. The molecule has 3 rings (SSSR count). The van der Waals surface area contributed by atoms with Crippen LogP contribution in [0.4, 0.5) is 0 Å². The van der Waals surface area contributed by atoms with Crippen molar-refractivity contribution in [2.24, 2.45) is 9.98 Å². The number of ether oxygens (including phenoxy) is 2. The molecule has 0 spiro atoms. The van der Waals surface area contributed by atoms with E-state index in [0.29, 0.717) is 24.2 Å². The zero-order valence-electron chi connectivity index (χ0n) is 29.4. The molecule has 2 N–H and O–H groups in total. The van der Waals surface area contributed by atoms with Crippen LogP contribution in [-0.2, 0) is 48.2 Å². The molecule has 0 unspecified atom stereocenters. The Bertz CT molecular complexity index is 1260. The van der Waals surface area contributed by atoms with E-state index in [9.17, 15) is 10.2 Å². The van der Waals surface area contributed by atoms with E-state index in [0.717, 1.165) is 22.3 Å². The molecule has 0 aliphatic carbocycles. The molecule has 0 saturated carbocycles. The molecular formula is C37H56CuN2O4. The second-order valence-corrected chi connectivity index (χ2v) is 16.6. The van der Waals surface area contributed by atoms with Crippen LogP contribution in [0.5, 0.6) is 11.5 Å². The van der Waals surface area contributed by atoms with E-state index in [-0.39, 0.29) is 62.4 Å². The number of phenols is 2. The van der Waals surface area contributed by atoms with Crippen molar-refractivity contribution in [2.75, 3.05) is 13.1 Å². The van der Waals surface area contributed by atoms with Crippen LogP contribution in [0.1, 0.15) is 130 Å². The number of aromatic hydroxyl groups is 2. The molecular weight excluding hydrogens is 600 g/mol. The molecule has 0 aromatic heterocycles. The van der Waals surface area contributed by atoms with Crippen LogP contribution in [0.2, 0.25) is 0 Å². The van der Waals surface area contributed by atoms with Crippen LogP contribution < -0.4 is 0 Å². The van der Waals surface area contributed by atoms with Gasteiger partial charge >= 0.3 is 0 Å². The molecule has 44 heavy (non-hydrogen) atoms. The van der Waals surface area contributed by atoms with Gasteiger partial charge in [0.2, 0.25) is 0 Å². The normalized spacial score (nSPS) is 19.6. The van der Waals surface area contributed by atoms with Gasteiger partial charge in [-0.2, -0.15) is 0 Å². The Morgan fingerprint density at radius 2 is 0.932 bits per heavy atom. The molecule has 2 atom stereocenters. The topological polar surface area (TPSA) is 83.6 Å². The number of phenolic OH excluding ortho intramolecular Hbond substituents is 2. The summed E-state index contributed by atoms with van der Waals surface area (Å²) in [6.07, 6.45) is 2.88. The standard InChI is InChI=1S/C37H56N2O4.Cu/c1-33(2,3)25-15-23(31(40)27(17-25)35(7,8)9)19-38-21-29-30(43-37(13,14)42-29)22-39-20-24-16-26(34(4,5)6)18-28(32(24)41)36(10,11)12;/h15-20,29-30,40-41H,21-22H2,1-14H3;/t29-,30-;/m1./s1. The van der Waals surface area contributed by atoms with Crippen LogP contribution in [0, 0.1) is 0 Å². The third-order valence-electron chi connectivity index (χ3n) is 7.94. The third-order valence-corrected chi connectivity index (χ3v) is 7.94. The average molecular weight is 656 g/mol. The molecule has 2 aromatic carbocycles. The summed E-state index contributed by atoms with van der Waals surface area (Å²) < 4.78 is 12.4. The molecule has 1 saturated heterocycles. The van der Waals surface area contributed by atoms with Crippen molar-refractivity contribution in [1.82, 2.24) is 0 Å². The van der Waals surface area contributed by atoms with Crippen molar-refractivity contribution < 1.29 is 36.8 Å². The smallest absolute Gasteiger partial charge is 0.163 e. The summed E-state index contributed by atoms with van der Waals surface area (Å²) in [5.74, 6) is -0.232. The van der Waals surface area contributed by atoms with Crippen LogP contribution in [-0.4, -0.2) is 53.7 Å². The van der Waals surface area contributed by atoms with Gasteiger partial charge < -0.3 is 19.7 Å². The largest absolute Gasteiger partial charge is 0.507 e. The Morgan fingerprint density at radius 1 is 0.614 bits per heavy atom. The number of rotatable bonds is 6. The average Bonchev–Trinajstić information content (AvgIpc) is 3.11. The SMILES string of the molecule is CC1(C)O[C@H](CN=Cc2cc(C(C)(C)C)cc(C(C)(C)C)c2O)[C@@H](CN=Cc2cc(C(C)(C)C)cc(C(C)(C)C)c2O)O1.[Cu]. The fourth-order valence-corrected chi connectivity index (χ4v) is 5.25. The van der Waals surface area contributed by atoms with Gasteiger partial charge in [-0.3, -0.25) is 9.98 Å². The van der Waals surface area contributed by atoms with E-state index >= 15 is 0 Å². The first-order chi connectivity index (χ1) is 19.4. The molecule has 1 radical (unpaired) electrons. The van der Waals surface area contributed by atoms with Gasteiger partial charge in [0.15, 0.2) is 5.79 Å². The Hall–Kier alpha value is -2.18. The Morgan fingerprint density at radius 3 is 1.20 bits per heavy atom. The monoisotopic (exact) mass is 655 g/mol. The van der Waals surface area contributed by atoms with Gasteiger partial charge in [0, 0.05) is 51.8 Å². The van der Waals surface area contributed by atoms with Crippen molar-refractivity contribution in [3.05, 3.63) is 57.6 Å². The van der Waals surface area contributed by atoms with E-state index in [1.807, 2.05) is 26.0 Å². The summed E-state index contributed by atoms with van der Waals surface area (Å²) in [6, 6.07) is 8.26. The van der Waals surface area contributed by atoms with Crippen molar-refractivity contribution in [3.8, 4) is 11.5 Å². The quantitative estimate of drug-likeness (QED) is 0.242. The predicted molar refractivity (Wildman–Crippen MR) is 180 cm³/mol. The van der Waals surface area contributed by atoms with Crippen LogP contribution >= 0.6 is 0 Å². The van der Waals surface area contributed by atoms with Gasteiger partial charge in [0.25, 0.3) is 0 Å². The van der Waals surface area contributed by atoms with Crippen molar-refractivity contribution >= 4 is 12.4 Å². The van der Waals surface area contributed by atoms with E-state index in [4.69, 9.17) is 19.5 Å². The summed E-state index contributed by atoms with van der Waals surface area (Å²) in [5, 5.41) is 22.3. The minimum absolute atomic E-state index is 0. The van der Waals surface area contributed by atoms with Crippen LogP contribution in [0.25, 0.3) is 0 Å². The summed E-state index contributed by atoms with van der Waals surface area (Å²) in [5.41, 5.74) is 4.96. The second kappa shape index (κ2) is 13.3. The molecule has 1 fully saturated rings. The first kappa shape index (κ1) is 38.0. The minimum atomic E-state index is -0.762.